The van der Waals surface area contributed by atoms with Crippen molar-refractivity contribution < 1.29 is 0 Å². The predicted molar refractivity (Wildman–Crippen MR) is 189 cm³/mol. The lowest BCUT2D eigenvalue weighted by Crippen LogP contribution is -2.16. The first-order valence-electron chi connectivity index (χ1n) is 15.6. The van der Waals surface area contributed by atoms with E-state index in [-0.39, 0.29) is 5.41 Å². The number of hydrogen-bond donors (Lipinski definition) is 0. The van der Waals surface area contributed by atoms with Gasteiger partial charge in [-0.3, -0.25) is 0 Å². The second-order valence-electron chi connectivity index (χ2n) is 12.1. The van der Waals surface area contributed by atoms with Crippen LogP contribution in [-0.4, -0.2) is 0 Å². The van der Waals surface area contributed by atoms with E-state index >= 15 is 0 Å². The summed E-state index contributed by atoms with van der Waals surface area (Å²) >= 11 is 0. The van der Waals surface area contributed by atoms with Gasteiger partial charge in [0.2, 0.25) is 0 Å². The van der Waals surface area contributed by atoms with Crippen LogP contribution in [-0.2, 0) is 0 Å². The maximum absolute atomic E-state index is 2.53. The first kappa shape index (κ1) is 29.1. The molecule has 44 heavy (non-hydrogen) atoms. The minimum Gasteiger partial charge on any atom is -0.0752 e. The molecule has 0 heterocycles. The second-order valence-corrected chi connectivity index (χ2v) is 12.1. The number of hydrogen-bond acceptors (Lipinski definition) is 0. The molecule has 0 unspecified atom stereocenters. The fourth-order valence-corrected chi connectivity index (χ4v) is 6.41. The molecular formula is C44H40. The molecule has 0 aliphatic heterocycles. The van der Waals surface area contributed by atoms with Crippen LogP contribution in [0.3, 0.4) is 0 Å². The molecule has 0 spiro atoms. The van der Waals surface area contributed by atoms with E-state index in [0.29, 0.717) is 0 Å². The minimum atomic E-state index is -0.363. The van der Waals surface area contributed by atoms with E-state index in [1.165, 1.54) is 66.8 Å². The molecule has 0 saturated heterocycles. The molecule has 1 aliphatic carbocycles. The zero-order chi connectivity index (χ0) is 30.5. The van der Waals surface area contributed by atoms with Gasteiger partial charge in [0.15, 0.2) is 0 Å². The Labute approximate surface area is 263 Å². The fraction of sp³-hybridized carbons (Fsp3) is 0.136. The molecule has 0 fully saturated rings. The lowest BCUT2D eigenvalue weighted by molar-refractivity contribution is 0.639. The summed E-state index contributed by atoms with van der Waals surface area (Å²) in [5.74, 6) is 0. The zero-order valence-corrected chi connectivity index (χ0v) is 26.2. The average molecular weight is 569 g/mol. The van der Waals surface area contributed by atoms with Crippen molar-refractivity contribution in [1.29, 1.82) is 0 Å². The van der Waals surface area contributed by atoms with Crippen molar-refractivity contribution in [3.05, 3.63) is 208 Å². The second kappa shape index (κ2) is 12.7. The number of allylic oxidation sites excluding steroid dienone is 6. The molecule has 1 aliphatic rings. The number of benzene rings is 5. The van der Waals surface area contributed by atoms with Gasteiger partial charge in [0.25, 0.3) is 0 Å². The van der Waals surface area contributed by atoms with Gasteiger partial charge in [0.1, 0.15) is 0 Å². The summed E-state index contributed by atoms with van der Waals surface area (Å²) < 4.78 is 0. The van der Waals surface area contributed by atoms with Gasteiger partial charge in [-0.15, -0.1) is 0 Å². The van der Waals surface area contributed by atoms with Crippen LogP contribution in [0.1, 0.15) is 56.5 Å². The van der Waals surface area contributed by atoms with Crippen LogP contribution in [0.2, 0.25) is 0 Å². The Balaban J connectivity index is 1.64. The lowest BCUT2D eigenvalue weighted by Gasteiger charge is -2.31. The summed E-state index contributed by atoms with van der Waals surface area (Å²) in [6, 6.07) is 45.9. The van der Waals surface area contributed by atoms with Crippen LogP contribution >= 0.6 is 0 Å². The highest BCUT2D eigenvalue weighted by Crippen LogP contribution is 2.44. The third-order valence-electron chi connectivity index (χ3n) is 8.92. The number of aryl methyl sites for hydroxylation is 4. The summed E-state index contributed by atoms with van der Waals surface area (Å²) in [5, 5.41) is 0. The molecule has 0 amide bonds. The zero-order valence-electron chi connectivity index (χ0n) is 26.2. The average Bonchev–Trinajstić information content (AvgIpc) is 3.05. The Bertz CT molecular complexity index is 1710. The summed E-state index contributed by atoms with van der Waals surface area (Å²) in [4.78, 5) is 0. The van der Waals surface area contributed by atoms with E-state index in [1.807, 2.05) is 0 Å². The smallest absolute Gasteiger partial charge is 0.0298 e. The van der Waals surface area contributed by atoms with Gasteiger partial charge >= 0.3 is 0 Å². The van der Waals surface area contributed by atoms with Crippen LogP contribution in [0.4, 0.5) is 0 Å². The Morgan fingerprint density at radius 2 is 0.841 bits per heavy atom. The van der Waals surface area contributed by atoms with Gasteiger partial charge < -0.3 is 0 Å². The lowest BCUT2D eigenvalue weighted by atomic mass is 9.73. The molecule has 6 rings (SSSR count). The maximum Gasteiger partial charge on any atom is 0.0298 e. The van der Waals surface area contributed by atoms with Gasteiger partial charge in [-0.05, 0) is 101 Å². The molecule has 5 aromatic carbocycles. The van der Waals surface area contributed by atoms with Crippen LogP contribution in [0, 0.1) is 33.1 Å². The highest BCUT2D eigenvalue weighted by Gasteiger charge is 2.28. The molecule has 216 valence electrons. The molecule has 0 saturated carbocycles. The Hall–Kier alpha value is -4.94. The van der Waals surface area contributed by atoms with Crippen molar-refractivity contribution in [1.82, 2.24) is 0 Å². The molecule has 0 aromatic heterocycles. The van der Waals surface area contributed by atoms with E-state index in [4.69, 9.17) is 0 Å². The predicted octanol–water partition coefficient (Wildman–Crippen LogP) is 11.5. The van der Waals surface area contributed by atoms with Gasteiger partial charge in [0.05, 0.1) is 0 Å². The van der Waals surface area contributed by atoms with E-state index in [2.05, 4.69) is 185 Å². The van der Waals surface area contributed by atoms with E-state index in [1.54, 1.807) is 0 Å². The number of rotatable bonds is 7. The molecule has 0 nitrogen and oxygen atoms in total. The van der Waals surface area contributed by atoms with Crippen molar-refractivity contribution >= 4 is 16.7 Å². The summed E-state index contributed by atoms with van der Waals surface area (Å²) in [6.45, 7) is 8.89. The maximum atomic E-state index is 2.53. The topological polar surface area (TPSA) is 0 Å². The first-order valence-corrected chi connectivity index (χ1v) is 15.6. The Morgan fingerprint density at radius 3 is 1.18 bits per heavy atom. The summed E-state index contributed by atoms with van der Waals surface area (Å²) in [5.41, 5.74) is 14.9. The van der Waals surface area contributed by atoms with E-state index < -0.39 is 0 Å². The van der Waals surface area contributed by atoms with Crippen LogP contribution in [0.5, 0.6) is 0 Å². The van der Waals surface area contributed by atoms with Crippen molar-refractivity contribution in [2.75, 3.05) is 0 Å². The van der Waals surface area contributed by atoms with Crippen LogP contribution in [0.15, 0.2) is 158 Å². The quantitative estimate of drug-likeness (QED) is 0.183. The van der Waals surface area contributed by atoms with Gasteiger partial charge in [-0.1, -0.05) is 158 Å². The molecule has 0 radical (unpaired) electrons. The first-order chi connectivity index (χ1) is 21.4. The monoisotopic (exact) mass is 568 g/mol. The molecule has 5 aromatic rings. The normalized spacial score (nSPS) is 13.6. The highest BCUT2D eigenvalue weighted by atomic mass is 14.3. The van der Waals surface area contributed by atoms with Gasteiger partial charge in [-0.2, -0.15) is 0 Å². The molecule has 0 N–H and O–H groups in total. The fourth-order valence-electron chi connectivity index (χ4n) is 6.41. The largest absolute Gasteiger partial charge is 0.0752 e. The van der Waals surface area contributed by atoms with E-state index in [0.717, 1.165) is 6.42 Å². The summed E-state index contributed by atoms with van der Waals surface area (Å²) in [6.07, 6.45) is 13.1. The van der Waals surface area contributed by atoms with Crippen LogP contribution in [0.25, 0.3) is 16.7 Å². The molecule has 0 atom stereocenters. The Morgan fingerprint density at radius 1 is 0.477 bits per heavy atom. The SMILES string of the molecule is Cc1ccccc1C(=CC1(C=C(c2ccccc2C)c2ccccc2C)C=CC(c2ccccc2)=CC1)c1ccccc1C. The Kier molecular flexibility index (Phi) is 8.44. The molecular weight excluding hydrogens is 528 g/mol. The van der Waals surface area contributed by atoms with Crippen LogP contribution < -0.4 is 0 Å². The van der Waals surface area contributed by atoms with Gasteiger partial charge in [-0.25, -0.2) is 0 Å². The summed E-state index contributed by atoms with van der Waals surface area (Å²) in [7, 11) is 0. The molecule has 0 bridgehead atoms. The van der Waals surface area contributed by atoms with Crippen molar-refractivity contribution in [2.45, 2.75) is 34.1 Å². The van der Waals surface area contributed by atoms with E-state index in [9.17, 15) is 0 Å². The van der Waals surface area contributed by atoms with Crippen molar-refractivity contribution in [3.63, 3.8) is 0 Å². The van der Waals surface area contributed by atoms with Crippen molar-refractivity contribution in [3.8, 4) is 0 Å². The highest BCUT2D eigenvalue weighted by molar-refractivity contribution is 5.87. The third kappa shape index (κ3) is 6.08. The third-order valence-corrected chi connectivity index (χ3v) is 8.92. The minimum absolute atomic E-state index is 0.363. The molecule has 0 heteroatoms. The standard InChI is InChI=1S/C44H40/c1-32-16-8-12-22-38(32)42(39-23-13-9-17-33(39)2)30-44(28-26-37(27-29-44)36-20-6-5-7-21-36)31-43(40-24-14-10-18-34(40)3)41-25-15-11-19-35(41)4/h5-28,30-31H,29H2,1-4H3. The van der Waals surface area contributed by atoms with Gasteiger partial charge in [0, 0.05) is 5.41 Å². The van der Waals surface area contributed by atoms with Crippen molar-refractivity contribution in [2.24, 2.45) is 5.41 Å².